The Morgan fingerprint density at radius 1 is 1.26 bits per heavy atom. The average Bonchev–Trinajstić information content (AvgIpc) is 2.36. The zero-order chi connectivity index (χ0) is 14.4. The summed E-state index contributed by atoms with van der Waals surface area (Å²) < 4.78 is 0.978. The molecule has 0 aliphatic rings. The molecule has 0 fully saturated rings. The first-order valence-corrected chi connectivity index (χ1v) is 6.70. The molecule has 0 radical (unpaired) electrons. The molecule has 2 atom stereocenters. The van der Waals surface area contributed by atoms with Crippen LogP contribution in [0.5, 0.6) is 0 Å². The van der Waals surface area contributed by atoms with Crippen LogP contribution < -0.4 is 10.6 Å². The fraction of sp³-hybridized carbons (Fsp3) is 0.385. The van der Waals surface area contributed by atoms with Crippen LogP contribution in [-0.2, 0) is 9.59 Å². The van der Waals surface area contributed by atoms with Crippen molar-refractivity contribution in [3.8, 4) is 0 Å². The lowest BCUT2D eigenvalue weighted by Crippen LogP contribution is -2.42. The molecule has 19 heavy (non-hydrogen) atoms. The number of amides is 1. The van der Waals surface area contributed by atoms with Crippen LogP contribution in [0.2, 0.25) is 0 Å². The Labute approximate surface area is 120 Å². The van der Waals surface area contributed by atoms with Crippen LogP contribution in [0.1, 0.15) is 25.5 Å². The number of nitrogens with one attached hydrogen (secondary N) is 2. The molecule has 1 amide bonds. The Kier molecular flexibility index (Phi) is 5.98. The van der Waals surface area contributed by atoms with Gasteiger partial charge < -0.3 is 10.4 Å². The summed E-state index contributed by atoms with van der Waals surface area (Å²) in [6.07, 6.45) is 0. The van der Waals surface area contributed by atoms with Crippen LogP contribution >= 0.6 is 15.9 Å². The van der Waals surface area contributed by atoms with E-state index in [2.05, 4.69) is 26.6 Å². The van der Waals surface area contributed by atoms with E-state index in [1.807, 2.05) is 31.2 Å². The van der Waals surface area contributed by atoms with Crippen LogP contribution in [0.4, 0.5) is 0 Å². The van der Waals surface area contributed by atoms with Crippen LogP contribution in [0.3, 0.4) is 0 Å². The molecule has 6 heteroatoms. The second kappa shape index (κ2) is 7.25. The molecule has 0 aliphatic carbocycles. The Hall–Kier alpha value is -1.40. The van der Waals surface area contributed by atoms with Gasteiger partial charge in [-0.05, 0) is 31.5 Å². The number of carboxylic acids is 1. The van der Waals surface area contributed by atoms with E-state index in [4.69, 9.17) is 5.11 Å². The first-order chi connectivity index (χ1) is 8.90. The number of benzene rings is 1. The zero-order valence-electron chi connectivity index (χ0n) is 10.8. The number of carbonyl (C=O) groups excluding carboxylic acids is 1. The minimum atomic E-state index is -0.978. The van der Waals surface area contributed by atoms with E-state index in [0.29, 0.717) is 0 Å². The summed E-state index contributed by atoms with van der Waals surface area (Å²) in [5.41, 5.74) is 0.989. The van der Waals surface area contributed by atoms with E-state index in [0.717, 1.165) is 10.0 Å². The van der Waals surface area contributed by atoms with Crippen molar-refractivity contribution in [3.05, 3.63) is 34.3 Å². The molecule has 0 bridgehead atoms. The van der Waals surface area contributed by atoms with Gasteiger partial charge >= 0.3 is 5.97 Å². The molecule has 5 nitrogen and oxygen atoms in total. The number of carbonyl (C=O) groups is 2. The third kappa shape index (κ3) is 5.40. The fourth-order valence-corrected chi connectivity index (χ4v) is 1.72. The molecule has 1 aromatic carbocycles. The Bertz CT molecular complexity index is 448. The van der Waals surface area contributed by atoms with Crippen LogP contribution in [0, 0.1) is 0 Å². The van der Waals surface area contributed by atoms with Gasteiger partial charge in [-0.2, -0.15) is 0 Å². The van der Waals surface area contributed by atoms with Crippen molar-refractivity contribution in [1.29, 1.82) is 0 Å². The molecule has 0 saturated heterocycles. The maximum Gasteiger partial charge on any atom is 0.320 e. The Morgan fingerprint density at radius 2 is 1.84 bits per heavy atom. The van der Waals surface area contributed by atoms with E-state index in [1.165, 1.54) is 6.92 Å². The van der Waals surface area contributed by atoms with Crippen molar-refractivity contribution in [2.24, 2.45) is 0 Å². The maximum absolute atomic E-state index is 11.6. The maximum atomic E-state index is 11.6. The second-order valence-corrected chi connectivity index (χ2v) is 5.20. The third-order valence-corrected chi connectivity index (χ3v) is 3.22. The molecule has 1 unspecified atom stereocenters. The van der Waals surface area contributed by atoms with Crippen molar-refractivity contribution >= 4 is 27.8 Å². The highest BCUT2D eigenvalue weighted by Gasteiger charge is 2.13. The van der Waals surface area contributed by atoms with Crippen molar-refractivity contribution < 1.29 is 14.7 Å². The summed E-state index contributed by atoms with van der Waals surface area (Å²) in [5.74, 6) is -1.21. The summed E-state index contributed by atoms with van der Waals surface area (Å²) >= 11 is 3.35. The minimum absolute atomic E-state index is 0.0195. The van der Waals surface area contributed by atoms with E-state index in [9.17, 15) is 9.59 Å². The highest BCUT2D eigenvalue weighted by molar-refractivity contribution is 9.10. The smallest absolute Gasteiger partial charge is 0.320 e. The number of hydrogen-bond donors (Lipinski definition) is 3. The van der Waals surface area contributed by atoms with Gasteiger partial charge in [0.1, 0.15) is 6.04 Å². The summed E-state index contributed by atoms with van der Waals surface area (Å²) in [7, 11) is 0. The SMILES string of the molecule is CC(NC(=O)CN[C@@H](C)C(=O)O)c1ccc(Br)cc1. The lowest BCUT2D eigenvalue weighted by Gasteiger charge is -2.15. The monoisotopic (exact) mass is 328 g/mol. The third-order valence-electron chi connectivity index (χ3n) is 2.69. The quantitative estimate of drug-likeness (QED) is 0.742. The number of carboxylic acid groups (broad SMARTS) is 1. The molecule has 0 aliphatic heterocycles. The molecule has 0 saturated carbocycles. The second-order valence-electron chi connectivity index (χ2n) is 4.28. The lowest BCUT2D eigenvalue weighted by atomic mass is 10.1. The summed E-state index contributed by atoms with van der Waals surface area (Å²) in [6.45, 7) is 3.35. The van der Waals surface area contributed by atoms with Gasteiger partial charge in [-0.25, -0.2) is 0 Å². The van der Waals surface area contributed by atoms with E-state index in [-0.39, 0.29) is 18.5 Å². The van der Waals surface area contributed by atoms with E-state index in [1.54, 1.807) is 0 Å². The van der Waals surface area contributed by atoms with Crippen molar-refractivity contribution in [2.45, 2.75) is 25.9 Å². The van der Waals surface area contributed by atoms with Gasteiger partial charge in [-0.15, -0.1) is 0 Å². The summed E-state index contributed by atoms with van der Waals surface area (Å²) in [4.78, 5) is 22.2. The molecule has 0 spiro atoms. The van der Waals surface area contributed by atoms with Gasteiger partial charge in [0.25, 0.3) is 0 Å². The molecule has 3 N–H and O–H groups in total. The molecule has 0 heterocycles. The topological polar surface area (TPSA) is 78.4 Å². The minimum Gasteiger partial charge on any atom is -0.480 e. The summed E-state index contributed by atoms with van der Waals surface area (Å²) in [6, 6.07) is 6.78. The van der Waals surface area contributed by atoms with Crippen LogP contribution in [-0.4, -0.2) is 29.6 Å². The van der Waals surface area contributed by atoms with Gasteiger partial charge in [0, 0.05) is 4.47 Å². The molecular weight excluding hydrogens is 312 g/mol. The van der Waals surface area contributed by atoms with Crippen molar-refractivity contribution in [2.75, 3.05) is 6.54 Å². The van der Waals surface area contributed by atoms with E-state index >= 15 is 0 Å². The average molecular weight is 329 g/mol. The standard InChI is InChI=1S/C13H17BrN2O3/c1-8(10-3-5-11(14)6-4-10)16-12(17)7-15-9(2)13(18)19/h3-6,8-9,15H,7H2,1-2H3,(H,16,17)(H,18,19)/t8?,9-/m0/s1. The Morgan fingerprint density at radius 3 is 2.37 bits per heavy atom. The molecule has 104 valence electrons. The van der Waals surface area contributed by atoms with Gasteiger partial charge in [0.2, 0.25) is 5.91 Å². The van der Waals surface area contributed by atoms with Crippen molar-refractivity contribution in [1.82, 2.24) is 10.6 Å². The molecule has 0 aromatic heterocycles. The highest BCUT2D eigenvalue weighted by Crippen LogP contribution is 2.16. The first kappa shape index (κ1) is 15.7. The highest BCUT2D eigenvalue weighted by atomic mass is 79.9. The number of aliphatic carboxylic acids is 1. The lowest BCUT2D eigenvalue weighted by molar-refractivity contribution is -0.139. The number of hydrogen-bond acceptors (Lipinski definition) is 3. The molecule has 1 rings (SSSR count). The summed E-state index contributed by atoms with van der Waals surface area (Å²) in [5, 5.41) is 14.1. The number of halogens is 1. The van der Waals surface area contributed by atoms with E-state index < -0.39 is 12.0 Å². The van der Waals surface area contributed by atoms with Gasteiger partial charge in [-0.1, -0.05) is 28.1 Å². The van der Waals surface area contributed by atoms with Crippen LogP contribution in [0.25, 0.3) is 0 Å². The van der Waals surface area contributed by atoms with Gasteiger partial charge in [-0.3, -0.25) is 14.9 Å². The van der Waals surface area contributed by atoms with Gasteiger partial charge in [0.05, 0.1) is 12.6 Å². The van der Waals surface area contributed by atoms with Gasteiger partial charge in [0.15, 0.2) is 0 Å². The normalized spacial score (nSPS) is 13.6. The molecular formula is C13H17BrN2O3. The van der Waals surface area contributed by atoms with Crippen molar-refractivity contribution in [3.63, 3.8) is 0 Å². The fourth-order valence-electron chi connectivity index (χ4n) is 1.46. The predicted octanol–water partition coefficient (Wildman–Crippen LogP) is 1.69. The number of rotatable bonds is 6. The first-order valence-electron chi connectivity index (χ1n) is 5.91. The van der Waals surface area contributed by atoms with Crippen LogP contribution in [0.15, 0.2) is 28.7 Å². The zero-order valence-corrected chi connectivity index (χ0v) is 12.4. The molecule has 1 aromatic rings. The Balaban J connectivity index is 2.44. The largest absolute Gasteiger partial charge is 0.480 e. The predicted molar refractivity (Wildman–Crippen MR) is 75.8 cm³/mol.